The van der Waals surface area contributed by atoms with E-state index in [-0.39, 0.29) is 10.9 Å². The summed E-state index contributed by atoms with van der Waals surface area (Å²) >= 11 is 0. The number of fused-ring (bicyclic) bond motifs is 1. The molecular weight excluding hydrogens is 172 g/mol. The van der Waals surface area contributed by atoms with Crippen molar-refractivity contribution >= 4 is 10.9 Å². The van der Waals surface area contributed by atoms with Gasteiger partial charge in [0, 0.05) is 11.6 Å². The Balaban J connectivity index is 2.97. The van der Waals surface area contributed by atoms with Gasteiger partial charge in [-0.15, -0.1) is 0 Å². The fourth-order valence-electron chi connectivity index (χ4n) is 1.31. The standard InChI is InChI=1S/C10H7F2N/c1-6-5-8(11)10-7(9(6)12)3-2-4-13-10/h2-5H,1H3. The van der Waals surface area contributed by atoms with Crippen LogP contribution in [0.2, 0.25) is 0 Å². The van der Waals surface area contributed by atoms with Crippen LogP contribution >= 0.6 is 0 Å². The number of nitrogens with zero attached hydrogens (tertiary/aromatic N) is 1. The predicted octanol–water partition coefficient (Wildman–Crippen LogP) is 2.82. The Kier molecular flexibility index (Phi) is 1.72. The van der Waals surface area contributed by atoms with Crippen molar-refractivity contribution in [1.29, 1.82) is 0 Å². The number of rotatable bonds is 0. The Hall–Kier alpha value is -1.51. The van der Waals surface area contributed by atoms with Crippen LogP contribution in [0.4, 0.5) is 8.78 Å². The van der Waals surface area contributed by atoms with Crippen molar-refractivity contribution in [3.8, 4) is 0 Å². The third kappa shape index (κ3) is 1.16. The summed E-state index contributed by atoms with van der Waals surface area (Å²) in [5, 5.41) is 0.236. The second-order valence-corrected chi connectivity index (χ2v) is 2.89. The molecule has 0 unspecified atom stereocenters. The zero-order chi connectivity index (χ0) is 9.42. The quantitative estimate of drug-likeness (QED) is 0.606. The number of hydrogen-bond acceptors (Lipinski definition) is 1. The lowest BCUT2D eigenvalue weighted by Crippen LogP contribution is -1.91. The smallest absolute Gasteiger partial charge is 0.149 e. The molecule has 0 N–H and O–H groups in total. The molecule has 0 aliphatic rings. The largest absolute Gasteiger partial charge is 0.253 e. The van der Waals surface area contributed by atoms with Gasteiger partial charge in [0.2, 0.25) is 0 Å². The van der Waals surface area contributed by atoms with Crippen molar-refractivity contribution in [1.82, 2.24) is 4.98 Å². The molecule has 2 rings (SSSR count). The third-order valence-electron chi connectivity index (χ3n) is 1.96. The van der Waals surface area contributed by atoms with E-state index in [0.29, 0.717) is 5.56 Å². The number of halogens is 2. The molecule has 0 fully saturated rings. The van der Waals surface area contributed by atoms with Gasteiger partial charge in [-0.1, -0.05) is 0 Å². The highest BCUT2D eigenvalue weighted by atomic mass is 19.1. The fraction of sp³-hybridized carbons (Fsp3) is 0.100. The molecular formula is C10H7F2N. The first-order valence-corrected chi connectivity index (χ1v) is 3.89. The minimum Gasteiger partial charge on any atom is -0.253 e. The highest BCUT2D eigenvalue weighted by molar-refractivity contribution is 5.80. The van der Waals surface area contributed by atoms with Crippen LogP contribution in [0.5, 0.6) is 0 Å². The van der Waals surface area contributed by atoms with Gasteiger partial charge in [-0.25, -0.2) is 8.78 Å². The Morgan fingerprint density at radius 2 is 2.08 bits per heavy atom. The number of benzene rings is 1. The molecule has 13 heavy (non-hydrogen) atoms. The Morgan fingerprint density at radius 3 is 2.85 bits per heavy atom. The van der Waals surface area contributed by atoms with Crippen molar-refractivity contribution < 1.29 is 8.78 Å². The van der Waals surface area contributed by atoms with Crippen LogP contribution in [0, 0.1) is 18.6 Å². The van der Waals surface area contributed by atoms with E-state index in [1.807, 2.05) is 0 Å². The molecule has 0 amide bonds. The van der Waals surface area contributed by atoms with Gasteiger partial charge in [0.1, 0.15) is 17.2 Å². The SMILES string of the molecule is Cc1cc(F)c2ncccc2c1F. The van der Waals surface area contributed by atoms with Gasteiger partial charge < -0.3 is 0 Å². The summed E-state index contributed by atoms with van der Waals surface area (Å²) in [5.74, 6) is -0.876. The van der Waals surface area contributed by atoms with Crippen molar-refractivity contribution in [2.24, 2.45) is 0 Å². The van der Waals surface area contributed by atoms with Crippen molar-refractivity contribution in [3.63, 3.8) is 0 Å². The number of pyridine rings is 1. The molecule has 0 radical (unpaired) electrons. The molecule has 0 saturated carbocycles. The van der Waals surface area contributed by atoms with Gasteiger partial charge in [0.05, 0.1) is 0 Å². The first-order valence-electron chi connectivity index (χ1n) is 3.89. The van der Waals surface area contributed by atoms with Crippen LogP contribution in [0.3, 0.4) is 0 Å². The third-order valence-corrected chi connectivity index (χ3v) is 1.96. The van der Waals surface area contributed by atoms with Gasteiger partial charge >= 0.3 is 0 Å². The molecule has 0 aliphatic heterocycles. The van der Waals surface area contributed by atoms with E-state index < -0.39 is 11.6 Å². The summed E-state index contributed by atoms with van der Waals surface area (Å²) in [4.78, 5) is 3.77. The monoisotopic (exact) mass is 179 g/mol. The van der Waals surface area contributed by atoms with Gasteiger partial charge in [0.15, 0.2) is 0 Å². The van der Waals surface area contributed by atoms with Crippen LogP contribution in [0.15, 0.2) is 24.4 Å². The Morgan fingerprint density at radius 1 is 1.31 bits per heavy atom. The summed E-state index contributed by atoms with van der Waals surface area (Å²) in [6.45, 7) is 1.53. The van der Waals surface area contributed by atoms with Crippen LogP contribution in [-0.2, 0) is 0 Å². The predicted molar refractivity (Wildman–Crippen MR) is 46.4 cm³/mol. The molecule has 0 saturated heterocycles. The van der Waals surface area contributed by atoms with Crippen LogP contribution in [-0.4, -0.2) is 4.98 Å². The summed E-state index contributed by atoms with van der Waals surface area (Å²) in [5.41, 5.74) is 0.392. The number of hydrogen-bond donors (Lipinski definition) is 0. The Labute approximate surface area is 74.0 Å². The molecule has 66 valence electrons. The van der Waals surface area contributed by atoms with Gasteiger partial charge in [-0.2, -0.15) is 0 Å². The Bertz CT molecular complexity index is 466. The molecule has 1 heterocycles. The first-order chi connectivity index (χ1) is 6.20. The first kappa shape index (κ1) is 8.10. The molecule has 1 nitrogen and oxygen atoms in total. The second kappa shape index (κ2) is 2.76. The van der Waals surface area contributed by atoms with Crippen LogP contribution < -0.4 is 0 Å². The maximum absolute atomic E-state index is 13.4. The van der Waals surface area contributed by atoms with Crippen molar-refractivity contribution in [2.45, 2.75) is 6.92 Å². The summed E-state index contributed by atoms with van der Waals surface area (Å²) in [6, 6.07) is 4.27. The highest BCUT2D eigenvalue weighted by Crippen LogP contribution is 2.21. The average molecular weight is 179 g/mol. The van der Waals surface area contributed by atoms with E-state index in [0.717, 1.165) is 6.07 Å². The maximum atomic E-state index is 13.4. The molecule has 1 aromatic carbocycles. The van der Waals surface area contributed by atoms with E-state index in [2.05, 4.69) is 4.98 Å². The summed E-state index contributed by atoms with van der Waals surface area (Å²) in [7, 11) is 0. The van der Waals surface area contributed by atoms with Crippen LogP contribution in [0.1, 0.15) is 5.56 Å². The topological polar surface area (TPSA) is 12.9 Å². The molecule has 0 bridgehead atoms. The molecule has 2 aromatic rings. The van der Waals surface area contributed by atoms with E-state index in [1.54, 1.807) is 6.07 Å². The lowest BCUT2D eigenvalue weighted by atomic mass is 10.1. The number of aromatic nitrogens is 1. The zero-order valence-electron chi connectivity index (χ0n) is 7.01. The van der Waals surface area contributed by atoms with E-state index in [4.69, 9.17) is 0 Å². The number of aryl methyl sites for hydroxylation is 1. The van der Waals surface area contributed by atoms with Gasteiger partial charge in [0.25, 0.3) is 0 Å². The summed E-state index contributed by atoms with van der Waals surface area (Å²) < 4.78 is 26.6. The van der Waals surface area contributed by atoms with E-state index >= 15 is 0 Å². The fourth-order valence-corrected chi connectivity index (χ4v) is 1.31. The molecule has 1 aromatic heterocycles. The minimum atomic E-state index is -0.477. The normalized spacial score (nSPS) is 10.7. The van der Waals surface area contributed by atoms with Crippen molar-refractivity contribution in [3.05, 3.63) is 41.6 Å². The zero-order valence-corrected chi connectivity index (χ0v) is 7.01. The average Bonchev–Trinajstić information content (AvgIpc) is 2.15. The molecule has 0 aliphatic carbocycles. The maximum Gasteiger partial charge on any atom is 0.149 e. The van der Waals surface area contributed by atoms with Gasteiger partial charge in [-0.3, -0.25) is 4.98 Å². The molecule has 0 spiro atoms. The van der Waals surface area contributed by atoms with Crippen LogP contribution in [0.25, 0.3) is 10.9 Å². The van der Waals surface area contributed by atoms with Gasteiger partial charge in [-0.05, 0) is 30.7 Å². The lowest BCUT2D eigenvalue weighted by Gasteiger charge is -2.02. The van der Waals surface area contributed by atoms with E-state index in [1.165, 1.54) is 19.2 Å². The van der Waals surface area contributed by atoms with E-state index in [9.17, 15) is 8.78 Å². The lowest BCUT2D eigenvalue weighted by molar-refractivity contribution is 0.608. The second-order valence-electron chi connectivity index (χ2n) is 2.89. The van der Waals surface area contributed by atoms with Crippen molar-refractivity contribution in [2.75, 3.05) is 0 Å². The molecule has 3 heteroatoms. The highest BCUT2D eigenvalue weighted by Gasteiger charge is 2.08. The minimum absolute atomic E-state index is 0.0885. The molecule has 0 atom stereocenters. The summed E-state index contributed by atoms with van der Waals surface area (Å²) in [6.07, 6.45) is 1.44.